The third kappa shape index (κ3) is 4.48. The number of methoxy groups -OCH3 is 1. The first kappa shape index (κ1) is 21.0. The van der Waals surface area contributed by atoms with Crippen molar-refractivity contribution in [2.45, 2.75) is 23.0 Å². The summed E-state index contributed by atoms with van der Waals surface area (Å²) >= 11 is 11.4. The van der Waals surface area contributed by atoms with Crippen molar-refractivity contribution in [2.75, 3.05) is 7.11 Å². The van der Waals surface area contributed by atoms with Crippen LogP contribution in [0.5, 0.6) is 0 Å². The minimum absolute atomic E-state index is 0.171. The van der Waals surface area contributed by atoms with E-state index in [1.54, 1.807) is 18.2 Å². The summed E-state index contributed by atoms with van der Waals surface area (Å²) in [5, 5.41) is 0.701. The zero-order chi connectivity index (χ0) is 20.4. The molecule has 1 saturated heterocycles. The molecule has 0 radical (unpaired) electrons. The van der Waals surface area contributed by atoms with Crippen LogP contribution in [0.4, 0.5) is 4.79 Å². The summed E-state index contributed by atoms with van der Waals surface area (Å²) in [6, 6.07) is 7.99. The van der Waals surface area contributed by atoms with Crippen molar-refractivity contribution in [1.29, 1.82) is 0 Å². The van der Waals surface area contributed by atoms with Gasteiger partial charge in [0.15, 0.2) is 5.09 Å². The normalized spacial score (nSPS) is 16.7. The van der Waals surface area contributed by atoms with Crippen molar-refractivity contribution in [3.8, 4) is 0 Å². The van der Waals surface area contributed by atoms with E-state index in [1.807, 2.05) is 12.1 Å². The zero-order valence-corrected chi connectivity index (χ0v) is 18.6. The van der Waals surface area contributed by atoms with Gasteiger partial charge in [-0.2, -0.15) is 0 Å². The Morgan fingerprint density at radius 2 is 2.04 bits per heavy atom. The molecule has 1 aromatic heterocycles. The van der Waals surface area contributed by atoms with Gasteiger partial charge in [0.25, 0.3) is 11.1 Å². The highest BCUT2D eigenvalue weighted by atomic mass is 79.9. The Balaban J connectivity index is 1.80. The highest BCUT2D eigenvalue weighted by Gasteiger charge is 2.41. The standard InChI is InChI=1S/C18H13BrClNO5S2/c1-9(16(23)25-2)21-15(22)14(28-18(21)24)8-11-7-13(19)17(26-11)27-12-5-3-10(20)4-6-12/h3-9H,1-2H3/b14-8+/t9-/m0/s1. The van der Waals surface area contributed by atoms with E-state index < -0.39 is 23.2 Å². The molecular formula is C18H13BrClNO5S2. The van der Waals surface area contributed by atoms with Gasteiger partial charge < -0.3 is 9.15 Å². The fourth-order valence-corrected chi connectivity index (χ4v) is 4.68. The number of furan rings is 1. The number of carbonyl (C=O) groups is 3. The Morgan fingerprint density at radius 1 is 1.36 bits per heavy atom. The van der Waals surface area contributed by atoms with Gasteiger partial charge in [0.1, 0.15) is 11.8 Å². The van der Waals surface area contributed by atoms with Gasteiger partial charge in [0, 0.05) is 16.0 Å². The van der Waals surface area contributed by atoms with E-state index in [-0.39, 0.29) is 4.91 Å². The molecule has 1 atom stereocenters. The van der Waals surface area contributed by atoms with Crippen molar-refractivity contribution in [2.24, 2.45) is 0 Å². The van der Waals surface area contributed by atoms with Crippen LogP contribution in [0.3, 0.4) is 0 Å². The smallest absolute Gasteiger partial charge is 0.328 e. The van der Waals surface area contributed by atoms with Gasteiger partial charge in [-0.1, -0.05) is 23.4 Å². The summed E-state index contributed by atoms with van der Waals surface area (Å²) < 4.78 is 11.1. The Labute approximate surface area is 182 Å². The van der Waals surface area contributed by atoms with Crippen LogP contribution in [0.15, 0.2) is 54.1 Å². The zero-order valence-electron chi connectivity index (χ0n) is 14.6. The third-order valence-electron chi connectivity index (χ3n) is 3.73. The highest BCUT2D eigenvalue weighted by Crippen LogP contribution is 2.39. The number of esters is 1. The number of ether oxygens (including phenoxy) is 1. The molecule has 0 N–H and O–H groups in total. The Morgan fingerprint density at radius 3 is 2.68 bits per heavy atom. The molecule has 0 unspecified atom stereocenters. The molecular weight excluding hydrogens is 490 g/mol. The van der Waals surface area contributed by atoms with Gasteiger partial charge in [-0.15, -0.1) is 0 Å². The summed E-state index contributed by atoms with van der Waals surface area (Å²) in [6.07, 6.45) is 1.48. The molecule has 1 aliphatic heterocycles. The molecule has 2 heterocycles. The quantitative estimate of drug-likeness (QED) is 0.398. The summed E-state index contributed by atoms with van der Waals surface area (Å²) in [6.45, 7) is 1.44. The molecule has 146 valence electrons. The number of amides is 2. The molecule has 10 heteroatoms. The first-order valence-electron chi connectivity index (χ1n) is 7.87. The van der Waals surface area contributed by atoms with Crippen molar-refractivity contribution < 1.29 is 23.5 Å². The van der Waals surface area contributed by atoms with Gasteiger partial charge in [-0.3, -0.25) is 14.5 Å². The Kier molecular flexibility index (Phi) is 6.59. The van der Waals surface area contributed by atoms with E-state index in [4.69, 9.17) is 16.0 Å². The van der Waals surface area contributed by atoms with E-state index in [9.17, 15) is 14.4 Å². The largest absolute Gasteiger partial charge is 0.467 e. The Hall–Kier alpha value is -1.68. The minimum Gasteiger partial charge on any atom is -0.467 e. The maximum absolute atomic E-state index is 12.5. The second kappa shape index (κ2) is 8.77. The van der Waals surface area contributed by atoms with Crippen molar-refractivity contribution in [3.63, 3.8) is 0 Å². The SMILES string of the molecule is COC(=O)[C@H](C)N1C(=O)S/C(=C/c2cc(Br)c(Sc3ccc(Cl)cc3)o2)C1=O. The monoisotopic (exact) mass is 501 g/mol. The number of hydrogen-bond donors (Lipinski definition) is 0. The molecule has 1 aliphatic rings. The van der Waals surface area contributed by atoms with Gasteiger partial charge in [0.05, 0.1) is 16.5 Å². The maximum atomic E-state index is 12.5. The maximum Gasteiger partial charge on any atom is 0.328 e. The van der Waals surface area contributed by atoms with Crippen LogP contribution in [0.2, 0.25) is 5.02 Å². The lowest BCUT2D eigenvalue weighted by molar-refractivity contribution is -0.148. The molecule has 2 amide bonds. The van der Waals surface area contributed by atoms with E-state index in [2.05, 4.69) is 20.7 Å². The summed E-state index contributed by atoms with van der Waals surface area (Å²) in [4.78, 5) is 38.3. The number of rotatable bonds is 5. The van der Waals surface area contributed by atoms with Crippen LogP contribution in [0.25, 0.3) is 6.08 Å². The average Bonchev–Trinajstić information content (AvgIpc) is 3.14. The molecule has 28 heavy (non-hydrogen) atoms. The fourth-order valence-electron chi connectivity index (χ4n) is 2.34. The van der Waals surface area contributed by atoms with Crippen LogP contribution < -0.4 is 0 Å². The summed E-state index contributed by atoms with van der Waals surface area (Å²) in [5.74, 6) is -0.821. The fraction of sp³-hybridized carbons (Fsp3) is 0.167. The number of nitrogens with zero attached hydrogens (tertiary/aromatic N) is 1. The number of hydrogen-bond acceptors (Lipinski definition) is 7. The molecule has 2 aromatic rings. The van der Waals surface area contributed by atoms with Crippen LogP contribution in [0.1, 0.15) is 12.7 Å². The van der Waals surface area contributed by atoms with Crippen LogP contribution in [-0.2, 0) is 14.3 Å². The average molecular weight is 503 g/mol. The number of halogens is 2. The first-order valence-corrected chi connectivity index (χ1v) is 10.7. The van der Waals surface area contributed by atoms with Gasteiger partial charge in [-0.05, 0) is 64.9 Å². The summed E-state index contributed by atoms with van der Waals surface area (Å²) in [5.41, 5.74) is 0. The summed E-state index contributed by atoms with van der Waals surface area (Å²) in [7, 11) is 1.20. The highest BCUT2D eigenvalue weighted by molar-refractivity contribution is 9.10. The second-order valence-electron chi connectivity index (χ2n) is 5.59. The molecule has 3 rings (SSSR count). The van der Waals surface area contributed by atoms with E-state index in [1.165, 1.54) is 31.9 Å². The predicted molar refractivity (Wildman–Crippen MR) is 111 cm³/mol. The van der Waals surface area contributed by atoms with Crippen LogP contribution >= 0.6 is 51.1 Å². The lowest BCUT2D eigenvalue weighted by Gasteiger charge is -2.18. The van der Waals surface area contributed by atoms with E-state index in [0.29, 0.717) is 20.3 Å². The Bertz CT molecular complexity index is 973. The molecule has 0 aliphatic carbocycles. The number of carbonyl (C=O) groups excluding carboxylic acids is 3. The van der Waals surface area contributed by atoms with E-state index in [0.717, 1.165) is 21.6 Å². The molecule has 1 aromatic carbocycles. The van der Waals surface area contributed by atoms with Crippen LogP contribution in [-0.4, -0.2) is 35.2 Å². The van der Waals surface area contributed by atoms with Crippen molar-refractivity contribution in [1.82, 2.24) is 4.90 Å². The topological polar surface area (TPSA) is 76.8 Å². The first-order chi connectivity index (χ1) is 13.3. The van der Waals surface area contributed by atoms with Crippen molar-refractivity contribution >= 4 is 74.2 Å². The van der Waals surface area contributed by atoms with Crippen LogP contribution in [0, 0.1) is 0 Å². The number of imide groups is 1. The van der Waals surface area contributed by atoms with Gasteiger partial charge in [-0.25, -0.2) is 4.79 Å². The van der Waals surface area contributed by atoms with Crippen molar-refractivity contribution in [3.05, 3.63) is 50.5 Å². The minimum atomic E-state index is -0.997. The number of benzene rings is 1. The molecule has 6 nitrogen and oxygen atoms in total. The van der Waals surface area contributed by atoms with E-state index >= 15 is 0 Å². The second-order valence-corrected chi connectivity index (χ2v) is 8.92. The molecule has 0 saturated carbocycles. The third-order valence-corrected chi connectivity index (χ3v) is 6.71. The lowest BCUT2D eigenvalue weighted by Crippen LogP contribution is -2.42. The predicted octanol–water partition coefficient (Wildman–Crippen LogP) is 5.44. The van der Waals surface area contributed by atoms with Gasteiger partial charge >= 0.3 is 5.97 Å². The molecule has 0 bridgehead atoms. The molecule has 0 spiro atoms. The van der Waals surface area contributed by atoms with Gasteiger partial charge in [0.2, 0.25) is 0 Å². The lowest BCUT2D eigenvalue weighted by atomic mass is 10.3. The number of thioether (sulfide) groups is 1. The molecule has 1 fully saturated rings.